The number of nitrogens with zero attached hydrogens (tertiary/aromatic N) is 2. The van der Waals surface area contributed by atoms with E-state index in [2.05, 4.69) is 4.98 Å². The van der Waals surface area contributed by atoms with Crippen LogP contribution in [0.15, 0.2) is 15.7 Å². The van der Waals surface area contributed by atoms with Crippen LogP contribution in [0.2, 0.25) is 5.15 Å². The van der Waals surface area contributed by atoms with Crippen molar-refractivity contribution in [1.29, 1.82) is 0 Å². The molecular formula is C11H18ClN3O2. The molecule has 1 aromatic rings. The maximum atomic E-state index is 11.8. The average molecular weight is 260 g/mol. The van der Waals surface area contributed by atoms with Crippen LogP contribution >= 0.6 is 11.6 Å². The van der Waals surface area contributed by atoms with Gasteiger partial charge in [-0.25, -0.2) is 4.79 Å². The quantitative estimate of drug-likeness (QED) is 0.819. The highest BCUT2D eigenvalue weighted by molar-refractivity contribution is 6.29. The third kappa shape index (κ3) is 3.44. The van der Waals surface area contributed by atoms with Crippen molar-refractivity contribution in [3.63, 3.8) is 0 Å². The van der Waals surface area contributed by atoms with Gasteiger partial charge in [0, 0.05) is 12.6 Å². The molecule has 1 N–H and O–H groups in total. The minimum atomic E-state index is -0.456. The van der Waals surface area contributed by atoms with Crippen molar-refractivity contribution in [3.8, 4) is 0 Å². The average Bonchev–Trinajstić information content (AvgIpc) is 2.13. The fourth-order valence-corrected chi connectivity index (χ4v) is 1.93. The Morgan fingerprint density at radius 3 is 2.41 bits per heavy atom. The van der Waals surface area contributed by atoms with Crippen molar-refractivity contribution < 1.29 is 0 Å². The molecule has 1 rings (SSSR count). The van der Waals surface area contributed by atoms with Gasteiger partial charge in [-0.3, -0.25) is 14.3 Å². The van der Waals surface area contributed by atoms with Gasteiger partial charge >= 0.3 is 5.69 Å². The number of hydrogen-bond donors (Lipinski definition) is 1. The summed E-state index contributed by atoms with van der Waals surface area (Å²) in [6, 6.07) is 1.06. The van der Waals surface area contributed by atoms with Gasteiger partial charge in [0.1, 0.15) is 5.15 Å². The van der Waals surface area contributed by atoms with Gasteiger partial charge in [-0.1, -0.05) is 25.4 Å². The highest BCUT2D eigenvalue weighted by Gasteiger charge is 2.20. The Balaban J connectivity index is 3.29. The van der Waals surface area contributed by atoms with E-state index in [0.29, 0.717) is 6.54 Å². The topological polar surface area (TPSA) is 58.1 Å². The van der Waals surface area contributed by atoms with E-state index in [4.69, 9.17) is 11.6 Å². The molecule has 0 saturated heterocycles. The van der Waals surface area contributed by atoms with E-state index in [1.54, 1.807) is 0 Å². The molecule has 0 fully saturated rings. The molecule has 0 saturated carbocycles. The second-order valence-corrected chi connectivity index (χ2v) is 5.11. The molecule has 1 unspecified atom stereocenters. The van der Waals surface area contributed by atoms with E-state index in [9.17, 15) is 9.59 Å². The van der Waals surface area contributed by atoms with Crippen LogP contribution in [0.3, 0.4) is 0 Å². The largest absolute Gasteiger partial charge is 0.329 e. The fraction of sp³-hybridized carbons (Fsp3) is 0.636. The molecule has 1 heterocycles. The van der Waals surface area contributed by atoms with Crippen LogP contribution in [0.25, 0.3) is 0 Å². The molecule has 6 heteroatoms. The number of H-pyrrole nitrogens is 1. The van der Waals surface area contributed by atoms with Crippen LogP contribution in [0.1, 0.15) is 19.9 Å². The Kier molecular flexibility index (Phi) is 4.54. The summed E-state index contributed by atoms with van der Waals surface area (Å²) < 4.78 is 1.23. The van der Waals surface area contributed by atoms with E-state index >= 15 is 0 Å². The predicted molar refractivity (Wildman–Crippen MR) is 68.8 cm³/mol. The van der Waals surface area contributed by atoms with Gasteiger partial charge in [-0.05, 0) is 20.0 Å². The maximum absolute atomic E-state index is 11.8. The third-order valence-corrected chi connectivity index (χ3v) is 2.79. The zero-order valence-corrected chi connectivity index (χ0v) is 11.3. The summed E-state index contributed by atoms with van der Waals surface area (Å²) in [5.41, 5.74) is -0.817. The van der Waals surface area contributed by atoms with Gasteiger partial charge in [0.25, 0.3) is 5.56 Å². The maximum Gasteiger partial charge on any atom is 0.329 e. The molecule has 5 nitrogen and oxygen atoms in total. The lowest BCUT2D eigenvalue weighted by Gasteiger charge is -2.25. The van der Waals surface area contributed by atoms with Crippen LogP contribution in [0, 0.1) is 5.92 Å². The second kappa shape index (κ2) is 5.51. The number of rotatable bonds is 4. The van der Waals surface area contributed by atoms with Gasteiger partial charge in [-0.2, -0.15) is 0 Å². The van der Waals surface area contributed by atoms with E-state index in [0.717, 1.165) is 0 Å². The molecule has 0 spiro atoms. The molecule has 17 heavy (non-hydrogen) atoms. The van der Waals surface area contributed by atoms with E-state index in [1.165, 1.54) is 10.6 Å². The molecule has 96 valence electrons. The zero-order valence-electron chi connectivity index (χ0n) is 10.5. The molecule has 1 aromatic heterocycles. The predicted octanol–water partition coefficient (Wildman–Crippen LogP) is 0.949. The molecule has 0 aliphatic carbocycles. The second-order valence-electron chi connectivity index (χ2n) is 4.70. The number of aromatic nitrogens is 2. The van der Waals surface area contributed by atoms with E-state index in [1.807, 2.05) is 32.8 Å². The van der Waals surface area contributed by atoms with Gasteiger partial charge in [0.2, 0.25) is 0 Å². The lowest BCUT2D eigenvalue weighted by Crippen LogP contribution is -2.43. The van der Waals surface area contributed by atoms with Crippen molar-refractivity contribution in [3.05, 3.63) is 32.1 Å². The van der Waals surface area contributed by atoms with Gasteiger partial charge < -0.3 is 4.90 Å². The fourth-order valence-electron chi connectivity index (χ4n) is 1.76. The normalized spacial score (nSPS) is 13.4. The number of nitrogens with one attached hydrogen (secondary N) is 1. The van der Waals surface area contributed by atoms with Crippen molar-refractivity contribution in [2.75, 3.05) is 20.6 Å². The minimum Gasteiger partial charge on any atom is -0.307 e. The van der Waals surface area contributed by atoms with E-state index in [-0.39, 0.29) is 22.7 Å². The molecule has 0 aromatic carbocycles. The molecule has 0 aliphatic heterocycles. The summed E-state index contributed by atoms with van der Waals surface area (Å²) in [7, 11) is 3.81. The SMILES string of the molecule is CC(C)C(CN(C)C)n1c(=O)cc(Cl)[nH]c1=O. The van der Waals surface area contributed by atoms with Crippen LogP contribution < -0.4 is 11.2 Å². The van der Waals surface area contributed by atoms with Crippen LogP contribution in [-0.4, -0.2) is 35.1 Å². The molecule has 0 aliphatic rings. The summed E-state index contributed by atoms with van der Waals surface area (Å²) in [5.74, 6) is 0.178. The van der Waals surface area contributed by atoms with E-state index < -0.39 is 5.69 Å². The Bertz CT molecular complexity index is 459. The zero-order chi connectivity index (χ0) is 13.2. The molecule has 1 atom stereocenters. The first-order valence-electron chi connectivity index (χ1n) is 5.49. The molecule has 0 radical (unpaired) electrons. The van der Waals surface area contributed by atoms with Crippen LogP contribution in [0.5, 0.6) is 0 Å². The van der Waals surface area contributed by atoms with Crippen molar-refractivity contribution in [2.24, 2.45) is 5.92 Å². The summed E-state index contributed by atoms with van der Waals surface area (Å²) in [4.78, 5) is 28.0. The number of halogens is 1. The monoisotopic (exact) mass is 259 g/mol. The third-order valence-electron chi connectivity index (χ3n) is 2.59. The lowest BCUT2D eigenvalue weighted by molar-refractivity contribution is 0.258. The van der Waals surface area contributed by atoms with Crippen molar-refractivity contribution >= 4 is 11.6 Å². The van der Waals surface area contributed by atoms with Gasteiger partial charge in [0.15, 0.2) is 0 Å². The number of likely N-dealkylation sites (N-methyl/N-ethyl adjacent to an activating group) is 1. The Labute approximate surface area is 105 Å². The van der Waals surface area contributed by atoms with Crippen molar-refractivity contribution in [2.45, 2.75) is 19.9 Å². The Morgan fingerprint density at radius 1 is 1.41 bits per heavy atom. The first-order valence-corrected chi connectivity index (χ1v) is 5.86. The Morgan fingerprint density at radius 2 is 2.00 bits per heavy atom. The first kappa shape index (κ1) is 14.0. The molecule has 0 amide bonds. The number of aromatic amines is 1. The standard InChI is InChI=1S/C11H18ClN3O2/c1-7(2)8(6-14(3)4)15-10(16)5-9(12)13-11(15)17/h5,7-8H,6H2,1-4H3,(H,13,17). The summed E-state index contributed by atoms with van der Waals surface area (Å²) in [6.07, 6.45) is 0. The minimum absolute atomic E-state index is 0.0728. The van der Waals surface area contributed by atoms with Crippen molar-refractivity contribution in [1.82, 2.24) is 14.5 Å². The summed E-state index contributed by atoms with van der Waals surface area (Å²) in [5, 5.41) is 0.0728. The molecular weight excluding hydrogens is 242 g/mol. The van der Waals surface area contributed by atoms with Gasteiger partial charge in [-0.15, -0.1) is 0 Å². The van der Waals surface area contributed by atoms with Crippen LogP contribution in [-0.2, 0) is 0 Å². The first-order chi connectivity index (χ1) is 7.82. The number of hydrogen-bond acceptors (Lipinski definition) is 3. The smallest absolute Gasteiger partial charge is 0.307 e. The highest BCUT2D eigenvalue weighted by atomic mass is 35.5. The lowest BCUT2D eigenvalue weighted by atomic mass is 10.0. The Hall–Kier alpha value is -1.07. The summed E-state index contributed by atoms with van der Waals surface area (Å²) >= 11 is 5.63. The molecule has 0 bridgehead atoms. The summed E-state index contributed by atoms with van der Waals surface area (Å²) in [6.45, 7) is 4.59. The highest BCUT2D eigenvalue weighted by Crippen LogP contribution is 2.14. The van der Waals surface area contributed by atoms with Gasteiger partial charge in [0.05, 0.1) is 6.04 Å². The van der Waals surface area contributed by atoms with Crippen LogP contribution in [0.4, 0.5) is 0 Å².